The fraction of sp³-hybridized carbons (Fsp3) is 0.964. The van der Waals surface area contributed by atoms with E-state index in [-0.39, 0.29) is 5.97 Å². The van der Waals surface area contributed by atoms with Gasteiger partial charge in [0.05, 0.1) is 32.8 Å². The Morgan fingerprint density at radius 2 is 1.25 bits per heavy atom. The molecule has 0 N–H and O–H groups in total. The number of carbonyl (C=O) groups is 1. The third kappa shape index (κ3) is 14.5. The van der Waals surface area contributed by atoms with Gasteiger partial charge < -0.3 is 14.0 Å². The van der Waals surface area contributed by atoms with Crippen LogP contribution in [0.2, 0.25) is 0 Å². The van der Waals surface area contributed by atoms with Crippen molar-refractivity contribution in [2.45, 2.75) is 124 Å². The monoisotopic (exact) mass is 454 g/mol. The minimum Gasteiger partial charge on any atom is -0.463 e. The number of quaternary nitrogens is 1. The van der Waals surface area contributed by atoms with Crippen molar-refractivity contribution < 1.29 is 18.8 Å². The first-order chi connectivity index (χ1) is 15.7. The molecule has 0 amide bonds. The maximum absolute atomic E-state index is 11.8. The van der Waals surface area contributed by atoms with Gasteiger partial charge in [0.25, 0.3) is 0 Å². The van der Waals surface area contributed by atoms with E-state index in [1.54, 1.807) is 0 Å². The number of likely N-dealkylation sites (N-methyl/N-ethyl adjacent to an activating group) is 1. The lowest BCUT2D eigenvalue weighted by atomic mass is 9.99. The molecular formula is C28H56NO3+. The predicted molar refractivity (Wildman–Crippen MR) is 136 cm³/mol. The van der Waals surface area contributed by atoms with Crippen LogP contribution in [-0.4, -0.2) is 56.5 Å². The zero-order chi connectivity index (χ0) is 23.3. The SMILES string of the molecule is CC[N+](CC)(CC)CCOCCOC(=O)CCCCCCCCCCCCC1CCCC1. The molecule has 4 heteroatoms. The van der Waals surface area contributed by atoms with Gasteiger partial charge in [0.2, 0.25) is 0 Å². The quantitative estimate of drug-likeness (QED) is 0.0978. The lowest BCUT2D eigenvalue weighted by Gasteiger charge is -2.35. The smallest absolute Gasteiger partial charge is 0.305 e. The van der Waals surface area contributed by atoms with Crippen molar-refractivity contribution in [2.24, 2.45) is 5.92 Å². The largest absolute Gasteiger partial charge is 0.463 e. The maximum atomic E-state index is 11.8. The van der Waals surface area contributed by atoms with E-state index in [2.05, 4.69) is 20.8 Å². The highest BCUT2D eigenvalue weighted by atomic mass is 16.6. The molecule has 0 atom stereocenters. The van der Waals surface area contributed by atoms with Gasteiger partial charge in [-0.1, -0.05) is 89.9 Å². The molecule has 4 nitrogen and oxygen atoms in total. The fourth-order valence-electron chi connectivity index (χ4n) is 5.21. The predicted octanol–water partition coefficient (Wildman–Crippen LogP) is 7.29. The summed E-state index contributed by atoms with van der Waals surface area (Å²) in [5.41, 5.74) is 0. The van der Waals surface area contributed by atoms with Crippen molar-refractivity contribution in [3.8, 4) is 0 Å². The Labute approximate surface area is 200 Å². The van der Waals surface area contributed by atoms with Crippen LogP contribution in [-0.2, 0) is 14.3 Å². The molecule has 0 saturated heterocycles. The topological polar surface area (TPSA) is 35.5 Å². The van der Waals surface area contributed by atoms with Crippen molar-refractivity contribution in [2.75, 3.05) is 46.0 Å². The van der Waals surface area contributed by atoms with E-state index >= 15 is 0 Å². The second-order valence-electron chi connectivity index (χ2n) is 10.1. The van der Waals surface area contributed by atoms with Crippen molar-refractivity contribution >= 4 is 5.97 Å². The Kier molecular flexibility index (Phi) is 18.2. The minimum atomic E-state index is -0.0630. The van der Waals surface area contributed by atoms with Gasteiger partial charge in [0.1, 0.15) is 13.2 Å². The Bertz CT molecular complexity index is 422. The molecule has 32 heavy (non-hydrogen) atoms. The first kappa shape index (κ1) is 29.4. The second-order valence-corrected chi connectivity index (χ2v) is 10.1. The van der Waals surface area contributed by atoms with E-state index in [0.29, 0.717) is 19.6 Å². The number of hydrogen-bond donors (Lipinski definition) is 0. The summed E-state index contributed by atoms with van der Waals surface area (Å²) in [6.45, 7) is 12.9. The molecule has 0 unspecified atom stereocenters. The summed E-state index contributed by atoms with van der Waals surface area (Å²) in [5.74, 6) is 1.00. The number of esters is 1. The van der Waals surface area contributed by atoms with Gasteiger partial charge >= 0.3 is 5.97 Å². The molecule has 1 aliphatic carbocycles. The Morgan fingerprint density at radius 1 is 0.719 bits per heavy atom. The molecule has 0 aromatic heterocycles. The third-order valence-corrected chi connectivity index (χ3v) is 7.93. The van der Waals surface area contributed by atoms with E-state index in [4.69, 9.17) is 9.47 Å². The molecule has 0 bridgehead atoms. The molecule has 1 fully saturated rings. The molecule has 0 spiro atoms. The average molecular weight is 455 g/mol. The first-order valence-corrected chi connectivity index (χ1v) is 14.2. The van der Waals surface area contributed by atoms with E-state index in [9.17, 15) is 4.79 Å². The highest BCUT2D eigenvalue weighted by Crippen LogP contribution is 2.29. The third-order valence-electron chi connectivity index (χ3n) is 7.93. The molecule has 0 heterocycles. The van der Waals surface area contributed by atoms with Gasteiger partial charge in [0, 0.05) is 6.42 Å². The van der Waals surface area contributed by atoms with Crippen LogP contribution in [0.15, 0.2) is 0 Å². The van der Waals surface area contributed by atoms with Gasteiger partial charge in [-0.3, -0.25) is 4.79 Å². The lowest BCUT2D eigenvalue weighted by molar-refractivity contribution is -0.923. The Hall–Kier alpha value is -0.610. The molecule has 1 rings (SSSR count). The lowest BCUT2D eigenvalue weighted by Crippen LogP contribution is -2.49. The minimum absolute atomic E-state index is 0.0630. The van der Waals surface area contributed by atoms with Crippen LogP contribution < -0.4 is 0 Å². The summed E-state index contributed by atoms with van der Waals surface area (Å²) in [5, 5.41) is 0. The van der Waals surface area contributed by atoms with Crippen molar-refractivity contribution in [3.63, 3.8) is 0 Å². The van der Waals surface area contributed by atoms with Gasteiger partial charge in [0.15, 0.2) is 0 Å². The number of carbonyl (C=O) groups excluding carboxylic acids is 1. The molecule has 0 aromatic rings. The maximum Gasteiger partial charge on any atom is 0.305 e. The Balaban J connectivity index is 1.79. The van der Waals surface area contributed by atoms with Gasteiger partial charge in [-0.05, 0) is 33.1 Å². The fourth-order valence-corrected chi connectivity index (χ4v) is 5.21. The number of hydrogen-bond acceptors (Lipinski definition) is 3. The second kappa shape index (κ2) is 19.8. The Morgan fingerprint density at radius 3 is 1.81 bits per heavy atom. The number of rotatable bonds is 22. The standard InChI is InChI=1S/C28H56NO3/c1-4-29(5-2,6-3)23-24-31-25-26-32-28(30)22-16-14-12-10-8-7-9-11-13-15-19-27-20-17-18-21-27/h27H,4-26H2,1-3H3/q+1. The summed E-state index contributed by atoms with van der Waals surface area (Å²) in [4.78, 5) is 11.8. The van der Waals surface area contributed by atoms with E-state index in [1.165, 1.54) is 83.5 Å². The van der Waals surface area contributed by atoms with Crippen molar-refractivity contribution in [1.29, 1.82) is 0 Å². The number of nitrogens with zero attached hydrogens (tertiary/aromatic N) is 1. The molecule has 0 radical (unpaired) electrons. The summed E-state index contributed by atoms with van der Waals surface area (Å²) in [6, 6.07) is 0. The summed E-state index contributed by atoms with van der Waals surface area (Å²) in [7, 11) is 0. The van der Waals surface area contributed by atoms with E-state index in [0.717, 1.165) is 56.0 Å². The van der Waals surface area contributed by atoms with E-state index < -0.39 is 0 Å². The van der Waals surface area contributed by atoms with Crippen LogP contribution in [0, 0.1) is 5.92 Å². The van der Waals surface area contributed by atoms with Gasteiger partial charge in [-0.25, -0.2) is 0 Å². The zero-order valence-electron chi connectivity index (χ0n) is 22.0. The summed E-state index contributed by atoms with van der Waals surface area (Å²) in [6.07, 6.45) is 21.2. The molecule has 190 valence electrons. The van der Waals surface area contributed by atoms with E-state index in [1.807, 2.05) is 0 Å². The molecule has 1 aliphatic rings. The highest BCUT2D eigenvalue weighted by molar-refractivity contribution is 5.69. The average Bonchev–Trinajstić information content (AvgIpc) is 3.33. The van der Waals surface area contributed by atoms with Crippen LogP contribution in [0.1, 0.15) is 124 Å². The molecular weight excluding hydrogens is 398 g/mol. The van der Waals surface area contributed by atoms with Crippen LogP contribution in [0.25, 0.3) is 0 Å². The van der Waals surface area contributed by atoms with Crippen LogP contribution in [0.4, 0.5) is 0 Å². The van der Waals surface area contributed by atoms with Crippen LogP contribution >= 0.6 is 0 Å². The molecule has 0 aromatic carbocycles. The normalized spacial score (nSPS) is 14.8. The van der Waals surface area contributed by atoms with Crippen molar-refractivity contribution in [1.82, 2.24) is 0 Å². The molecule has 1 saturated carbocycles. The first-order valence-electron chi connectivity index (χ1n) is 14.2. The van der Waals surface area contributed by atoms with Gasteiger partial charge in [-0.15, -0.1) is 0 Å². The number of unbranched alkanes of at least 4 members (excludes halogenated alkanes) is 9. The van der Waals surface area contributed by atoms with Gasteiger partial charge in [-0.2, -0.15) is 0 Å². The zero-order valence-corrected chi connectivity index (χ0v) is 22.0. The molecule has 0 aliphatic heterocycles. The highest BCUT2D eigenvalue weighted by Gasteiger charge is 2.19. The summed E-state index contributed by atoms with van der Waals surface area (Å²) < 4.78 is 12.1. The van der Waals surface area contributed by atoms with Crippen molar-refractivity contribution in [3.05, 3.63) is 0 Å². The van der Waals surface area contributed by atoms with Crippen LogP contribution in [0.5, 0.6) is 0 Å². The number of ether oxygens (including phenoxy) is 2. The summed E-state index contributed by atoms with van der Waals surface area (Å²) >= 11 is 0. The van der Waals surface area contributed by atoms with Crippen LogP contribution in [0.3, 0.4) is 0 Å².